The molecule has 0 aliphatic rings. The molecular formula is C19H19Cl2N3OS. The Morgan fingerprint density at radius 1 is 1.04 bits per heavy atom. The van der Waals surface area contributed by atoms with Gasteiger partial charge >= 0.3 is 0 Å². The van der Waals surface area contributed by atoms with E-state index in [0.717, 1.165) is 35.3 Å². The van der Waals surface area contributed by atoms with Gasteiger partial charge in [-0.1, -0.05) is 54.0 Å². The smallest absolute Gasteiger partial charge is 0.191 e. The Labute approximate surface area is 167 Å². The van der Waals surface area contributed by atoms with Crippen LogP contribution in [-0.4, -0.2) is 27.1 Å². The first kappa shape index (κ1) is 19.1. The standard InChI is InChI=1S/C19H19Cl2N3OS/c1-2-11-24-18(14-7-9-15(20)10-8-14)22-23-19(24)26-13-12-25-17-6-4-3-5-16(17)21/h3-10H,2,11-13H2,1H3. The summed E-state index contributed by atoms with van der Waals surface area (Å²) in [5, 5.41) is 11.0. The van der Waals surface area contributed by atoms with E-state index >= 15 is 0 Å². The predicted octanol–water partition coefficient (Wildman–Crippen LogP) is 5.83. The molecule has 0 N–H and O–H groups in total. The molecule has 1 heterocycles. The van der Waals surface area contributed by atoms with E-state index in [1.54, 1.807) is 11.8 Å². The number of nitrogens with zero attached hydrogens (tertiary/aromatic N) is 3. The Morgan fingerprint density at radius 2 is 1.81 bits per heavy atom. The Bertz CT molecular complexity index is 852. The van der Waals surface area contributed by atoms with Gasteiger partial charge in [0.15, 0.2) is 11.0 Å². The van der Waals surface area contributed by atoms with Gasteiger partial charge in [0.25, 0.3) is 0 Å². The summed E-state index contributed by atoms with van der Waals surface area (Å²) in [6, 6.07) is 15.1. The van der Waals surface area contributed by atoms with Gasteiger partial charge in [-0.3, -0.25) is 0 Å². The lowest BCUT2D eigenvalue weighted by atomic mass is 10.2. The summed E-state index contributed by atoms with van der Waals surface area (Å²) in [6.07, 6.45) is 1.00. The Balaban J connectivity index is 1.66. The van der Waals surface area contributed by atoms with Gasteiger partial charge in [-0.05, 0) is 42.8 Å². The summed E-state index contributed by atoms with van der Waals surface area (Å²) in [7, 11) is 0. The molecule has 0 saturated heterocycles. The Kier molecular flexibility index (Phi) is 6.83. The van der Waals surface area contributed by atoms with Crippen molar-refractivity contribution in [3.8, 4) is 17.1 Å². The molecule has 0 amide bonds. The summed E-state index contributed by atoms with van der Waals surface area (Å²) in [4.78, 5) is 0. The van der Waals surface area contributed by atoms with Gasteiger partial charge in [0.2, 0.25) is 0 Å². The van der Waals surface area contributed by atoms with E-state index in [1.165, 1.54) is 0 Å². The van der Waals surface area contributed by atoms with Crippen LogP contribution < -0.4 is 4.74 Å². The van der Waals surface area contributed by atoms with E-state index in [2.05, 4.69) is 21.7 Å². The number of ether oxygens (including phenoxy) is 1. The van der Waals surface area contributed by atoms with Crippen LogP contribution >= 0.6 is 35.0 Å². The van der Waals surface area contributed by atoms with Gasteiger partial charge in [-0.15, -0.1) is 10.2 Å². The highest BCUT2D eigenvalue weighted by Crippen LogP contribution is 2.26. The van der Waals surface area contributed by atoms with Crippen molar-refractivity contribution in [2.24, 2.45) is 0 Å². The summed E-state index contributed by atoms with van der Waals surface area (Å²) < 4.78 is 7.88. The first-order valence-electron chi connectivity index (χ1n) is 8.38. The number of para-hydroxylation sites is 1. The van der Waals surface area contributed by atoms with Gasteiger partial charge in [-0.2, -0.15) is 0 Å². The number of benzene rings is 2. The number of halogens is 2. The van der Waals surface area contributed by atoms with Crippen LogP contribution in [0.5, 0.6) is 5.75 Å². The second kappa shape index (κ2) is 9.31. The van der Waals surface area contributed by atoms with E-state index in [-0.39, 0.29) is 0 Å². The van der Waals surface area contributed by atoms with E-state index in [0.29, 0.717) is 22.4 Å². The van der Waals surface area contributed by atoms with Crippen LogP contribution in [0.25, 0.3) is 11.4 Å². The average Bonchev–Trinajstić information content (AvgIpc) is 3.04. The number of aromatic nitrogens is 3. The zero-order valence-corrected chi connectivity index (χ0v) is 16.7. The third-order valence-corrected chi connectivity index (χ3v) is 5.17. The molecular weight excluding hydrogens is 389 g/mol. The molecule has 3 aromatic rings. The molecule has 26 heavy (non-hydrogen) atoms. The second-order valence-electron chi connectivity index (χ2n) is 5.59. The number of rotatable bonds is 8. The highest BCUT2D eigenvalue weighted by atomic mass is 35.5. The van der Waals surface area contributed by atoms with Crippen LogP contribution in [0, 0.1) is 0 Å². The highest BCUT2D eigenvalue weighted by molar-refractivity contribution is 7.99. The van der Waals surface area contributed by atoms with Crippen molar-refractivity contribution in [3.05, 3.63) is 58.6 Å². The van der Waals surface area contributed by atoms with Crippen molar-refractivity contribution in [3.63, 3.8) is 0 Å². The minimum Gasteiger partial charge on any atom is -0.491 e. The summed E-state index contributed by atoms with van der Waals surface area (Å²) in [6.45, 7) is 3.54. The van der Waals surface area contributed by atoms with Crippen LogP contribution in [0.2, 0.25) is 10.0 Å². The molecule has 0 fully saturated rings. The van der Waals surface area contributed by atoms with Crippen molar-refractivity contribution in [2.75, 3.05) is 12.4 Å². The number of hydrogen-bond acceptors (Lipinski definition) is 4. The van der Waals surface area contributed by atoms with Crippen molar-refractivity contribution in [1.82, 2.24) is 14.8 Å². The monoisotopic (exact) mass is 407 g/mol. The molecule has 0 unspecified atom stereocenters. The fourth-order valence-electron chi connectivity index (χ4n) is 2.48. The minimum absolute atomic E-state index is 0.545. The van der Waals surface area contributed by atoms with Gasteiger partial charge in [0.05, 0.1) is 11.6 Å². The van der Waals surface area contributed by atoms with Crippen LogP contribution in [0.4, 0.5) is 0 Å². The first-order chi connectivity index (χ1) is 12.7. The van der Waals surface area contributed by atoms with E-state index < -0.39 is 0 Å². The minimum atomic E-state index is 0.545. The summed E-state index contributed by atoms with van der Waals surface area (Å²) in [5.41, 5.74) is 1.01. The third-order valence-electron chi connectivity index (χ3n) is 3.68. The lowest BCUT2D eigenvalue weighted by Gasteiger charge is -2.10. The maximum atomic E-state index is 6.10. The topological polar surface area (TPSA) is 39.9 Å². The van der Waals surface area contributed by atoms with Gasteiger partial charge in [0.1, 0.15) is 5.75 Å². The highest BCUT2D eigenvalue weighted by Gasteiger charge is 2.14. The van der Waals surface area contributed by atoms with Crippen molar-refractivity contribution in [2.45, 2.75) is 25.0 Å². The largest absolute Gasteiger partial charge is 0.491 e. The quantitative estimate of drug-likeness (QED) is 0.347. The second-order valence-corrected chi connectivity index (χ2v) is 7.50. The molecule has 4 nitrogen and oxygen atoms in total. The molecule has 3 rings (SSSR count). The number of thioether (sulfide) groups is 1. The van der Waals surface area contributed by atoms with Crippen LogP contribution in [0.1, 0.15) is 13.3 Å². The zero-order valence-electron chi connectivity index (χ0n) is 14.4. The molecule has 136 valence electrons. The van der Waals surface area contributed by atoms with E-state index in [4.69, 9.17) is 27.9 Å². The molecule has 1 aromatic heterocycles. The van der Waals surface area contributed by atoms with Crippen LogP contribution in [0.15, 0.2) is 53.7 Å². The molecule has 0 bridgehead atoms. The third kappa shape index (κ3) is 4.72. The van der Waals surface area contributed by atoms with Crippen LogP contribution in [0.3, 0.4) is 0 Å². The van der Waals surface area contributed by atoms with Gasteiger partial charge in [-0.25, -0.2) is 0 Å². The Morgan fingerprint density at radius 3 is 2.54 bits per heavy atom. The molecule has 0 radical (unpaired) electrons. The molecule has 2 aromatic carbocycles. The molecule has 7 heteroatoms. The summed E-state index contributed by atoms with van der Waals surface area (Å²) in [5.74, 6) is 2.32. The normalized spacial score (nSPS) is 10.9. The van der Waals surface area contributed by atoms with Crippen LogP contribution in [-0.2, 0) is 6.54 Å². The lowest BCUT2D eigenvalue weighted by Crippen LogP contribution is -2.05. The molecule has 0 saturated carbocycles. The maximum absolute atomic E-state index is 6.10. The van der Waals surface area contributed by atoms with Crippen molar-refractivity contribution in [1.29, 1.82) is 0 Å². The molecule has 0 atom stereocenters. The van der Waals surface area contributed by atoms with Crippen molar-refractivity contribution >= 4 is 35.0 Å². The zero-order chi connectivity index (χ0) is 18.4. The maximum Gasteiger partial charge on any atom is 0.191 e. The SMILES string of the molecule is CCCn1c(SCCOc2ccccc2Cl)nnc1-c1ccc(Cl)cc1. The summed E-state index contributed by atoms with van der Waals surface area (Å²) >= 11 is 13.7. The van der Waals surface area contributed by atoms with E-state index in [1.807, 2.05) is 48.5 Å². The fourth-order valence-corrected chi connectivity index (χ4v) is 3.58. The Hall–Kier alpha value is -1.69. The number of hydrogen-bond donors (Lipinski definition) is 0. The lowest BCUT2D eigenvalue weighted by molar-refractivity contribution is 0.344. The first-order valence-corrected chi connectivity index (χ1v) is 10.1. The van der Waals surface area contributed by atoms with Gasteiger partial charge in [0, 0.05) is 22.9 Å². The van der Waals surface area contributed by atoms with Crippen molar-refractivity contribution < 1.29 is 4.74 Å². The average molecular weight is 408 g/mol. The molecule has 0 aliphatic heterocycles. The molecule has 0 aliphatic carbocycles. The van der Waals surface area contributed by atoms with Gasteiger partial charge < -0.3 is 9.30 Å². The predicted molar refractivity (Wildman–Crippen MR) is 108 cm³/mol. The molecule has 0 spiro atoms. The fraction of sp³-hybridized carbons (Fsp3) is 0.263. The van der Waals surface area contributed by atoms with E-state index in [9.17, 15) is 0 Å².